The van der Waals surface area contributed by atoms with Crippen LogP contribution in [-0.4, -0.2) is 20.0 Å². The van der Waals surface area contributed by atoms with Crippen LogP contribution in [0.5, 0.6) is 0 Å². The number of nitrogens with zero attached hydrogens (tertiary/aromatic N) is 4. The van der Waals surface area contributed by atoms with Gasteiger partial charge < -0.3 is 0 Å². The maximum Gasteiger partial charge on any atom is 0.114 e. The lowest BCUT2D eigenvalue weighted by Crippen LogP contribution is -2.00. The summed E-state index contributed by atoms with van der Waals surface area (Å²) in [7, 11) is 0. The molecule has 0 amide bonds. The third-order valence-electron chi connectivity index (χ3n) is 8.77. The van der Waals surface area contributed by atoms with Gasteiger partial charge in [0.05, 0.1) is 5.69 Å². The number of aromatic nitrogens is 4. The van der Waals surface area contributed by atoms with Crippen LogP contribution in [0.1, 0.15) is 0 Å². The van der Waals surface area contributed by atoms with Gasteiger partial charge in [0.25, 0.3) is 0 Å². The molecule has 0 fully saturated rings. The molecule has 9 aromatic rings. The highest BCUT2D eigenvalue weighted by Crippen LogP contribution is 2.45. The van der Waals surface area contributed by atoms with Crippen molar-refractivity contribution in [3.05, 3.63) is 158 Å². The fraction of sp³-hybridized carbons (Fsp3) is 0. The van der Waals surface area contributed by atoms with E-state index >= 15 is 0 Å². The van der Waals surface area contributed by atoms with Gasteiger partial charge in [-0.25, -0.2) is 0 Å². The van der Waals surface area contributed by atoms with Crippen molar-refractivity contribution in [1.82, 2.24) is 20.0 Å². The Kier molecular flexibility index (Phi) is 5.78. The minimum absolute atomic E-state index is 0.850. The van der Waals surface area contributed by atoms with Crippen LogP contribution >= 0.6 is 0 Å². The molecular formula is C41H26N4. The molecule has 0 saturated heterocycles. The van der Waals surface area contributed by atoms with E-state index in [0.29, 0.717) is 0 Å². The molecule has 2 aromatic heterocycles. The van der Waals surface area contributed by atoms with Crippen LogP contribution < -0.4 is 0 Å². The molecule has 210 valence electrons. The van der Waals surface area contributed by atoms with Gasteiger partial charge in [0.2, 0.25) is 0 Å². The van der Waals surface area contributed by atoms with Crippen LogP contribution in [0.2, 0.25) is 0 Å². The van der Waals surface area contributed by atoms with Crippen molar-refractivity contribution in [3.8, 4) is 39.1 Å². The molecule has 2 heterocycles. The van der Waals surface area contributed by atoms with E-state index in [0.717, 1.165) is 33.4 Å². The number of pyridine rings is 1. The Hall–Kier alpha value is -6.13. The fourth-order valence-corrected chi connectivity index (χ4v) is 6.77. The number of rotatable bonds is 4. The highest BCUT2D eigenvalue weighted by atomic mass is 15.5. The van der Waals surface area contributed by atoms with Crippen LogP contribution in [0.15, 0.2) is 158 Å². The standard InChI is InChI=1S/C41H26N4/c1-2-12-30-27(10-1)11-9-18-32(30)41-35-16-5-3-14-33(35)40(34-15-4-6-17-36(34)41)29-20-21-37-38(26-29)44-45(43-37)39-19-8-7-13-31(39)28-22-24-42-25-23-28/h1-26H. The summed E-state index contributed by atoms with van der Waals surface area (Å²) in [5.74, 6) is 0. The highest BCUT2D eigenvalue weighted by molar-refractivity contribution is 6.23. The molecule has 0 atom stereocenters. The zero-order chi connectivity index (χ0) is 29.7. The maximum absolute atomic E-state index is 5.00. The van der Waals surface area contributed by atoms with Gasteiger partial charge in [-0.05, 0) is 90.5 Å². The molecule has 0 N–H and O–H groups in total. The summed E-state index contributed by atoms with van der Waals surface area (Å²) < 4.78 is 0. The van der Waals surface area contributed by atoms with Gasteiger partial charge in [-0.15, -0.1) is 15.0 Å². The topological polar surface area (TPSA) is 43.6 Å². The van der Waals surface area contributed by atoms with E-state index in [2.05, 4.69) is 126 Å². The van der Waals surface area contributed by atoms with Crippen LogP contribution in [0, 0.1) is 0 Å². The number of hydrogen-bond acceptors (Lipinski definition) is 3. The minimum Gasteiger partial charge on any atom is -0.265 e. The largest absolute Gasteiger partial charge is 0.265 e. The van der Waals surface area contributed by atoms with Crippen LogP contribution in [0.4, 0.5) is 0 Å². The second-order valence-corrected chi connectivity index (χ2v) is 11.3. The summed E-state index contributed by atoms with van der Waals surface area (Å²) >= 11 is 0. The van der Waals surface area contributed by atoms with Crippen molar-refractivity contribution in [3.63, 3.8) is 0 Å². The highest BCUT2D eigenvalue weighted by Gasteiger charge is 2.19. The monoisotopic (exact) mass is 574 g/mol. The van der Waals surface area contributed by atoms with Crippen LogP contribution in [0.3, 0.4) is 0 Å². The van der Waals surface area contributed by atoms with E-state index in [9.17, 15) is 0 Å². The van der Waals surface area contributed by atoms with Crippen LogP contribution in [0.25, 0.3) is 82.4 Å². The van der Waals surface area contributed by atoms with Crippen molar-refractivity contribution < 1.29 is 0 Å². The molecule has 0 aliphatic rings. The first kappa shape index (κ1) is 25.4. The first-order valence-corrected chi connectivity index (χ1v) is 15.1. The Balaban J connectivity index is 1.27. The molecule has 0 spiro atoms. The van der Waals surface area contributed by atoms with Gasteiger partial charge >= 0.3 is 0 Å². The Morgan fingerprint density at radius 2 is 0.978 bits per heavy atom. The summed E-state index contributed by atoms with van der Waals surface area (Å²) in [6.45, 7) is 0. The van der Waals surface area contributed by atoms with Crippen molar-refractivity contribution in [2.75, 3.05) is 0 Å². The molecular weight excluding hydrogens is 548 g/mol. The summed E-state index contributed by atoms with van der Waals surface area (Å²) in [6.07, 6.45) is 3.62. The molecule has 0 aliphatic heterocycles. The van der Waals surface area contributed by atoms with Crippen molar-refractivity contribution in [2.45, 2.75) is 0 Å². The third-order valence-corrected chi connectivity index (χ3v) is 8.77. The Labute approximate surface area is 259 Å². The molecule has 4 nitrogen and oxygen atoms in total. The number of para-hydroxylation sites is 1. The fourth-order valence-electron chi connectivity index (χ4n) is 6.77. The van der Waals surface area contributed by atoms with E-state index in [1.807, 2.05) is 36.7 Å². The first-order chi connectivity index (χ1) is 22.3. The molecule has 0 aliphatic carbocycles. The average molecular weight is 575 g/mol. The molecule has 7 aromatic carbocycles. The van der Waals surface area contributed by atoms with Gasteiger partial charge in [0, 0.05) is 18.0 Å². The zero-order valence-electron chi connectivity index (χ0n) is 24.3. The predicted octanol–water partition coefficient (Wildman–Crippen LogP) is 10.3. The molecule has 0 unspecified atom stereocenters. The van der Waals surface area contributed by atoms with E-state index in [4.69, 9.17) is 10.2 Å². The van der Waals surface area contributed by atoms with E-state index in [-0.39, 0.29) is 0 Å². The Morgan fingerprint density at radius 3 is 1.73 bits per heavy atom. The molecule has 4 heteroatoms. The second-order valence-electron chi connectivity index (χ2n) is 11.3. The SMILES string of the molecule is c1ccc(-n2nc3ccc(-c4c5ccccc5c(-c5cccc6ccccc56)c5ccccc45)cc3n2)c(-c2ccncc2)c1. The Bertz CT molecular complexity index is 2480. The lowest BCUT2D eigenvalue weighted by molar-refractivity contribution is 0.767. The van der Waals surface area contributed by atoms with Crippen molar-refractivity contribution in [1.29, 1.82) is 0 Å². The quantitative estimate of drug-likeness (QED) is 0.196. The average Bonchev–Trinajstić information content (AvgIpc) is 3.54. The normalized spacial score (nSPS) is 11.6. The minimum atomic E-state index is 0.850. The summed E-state index contributed by atoms with van der Waals surface area (Å²) in [5, 5.41) is 17.3. The number of hydrogen-bond donors (Lipinski definition) is 0. The molecule has 45 heavy (non-hydrogen) atoms. The molecule has 0 saturated carbocycles. The van der Waals surface area contributed by atoms with E-state index in [1.54, 1.807) is 4.80 Å². The number of fused-ring (bicyclic) bond motifs is 4. The summed E-state index contributed by atoms with van der Waals surface area (Å²) in [6, 6.07) is 51.5. The van der Waals surface area contributed by atoms with Gasteiger partial charge in [0.15, 0.2) is 0 Å². The molecule has 9 rings (SSSR count). The van der Waals surface area contributed by atoms with Crippen LogP contribution in [-0.2, 0) is 0 Å². The van der Waals surface area contributed by atoms with Gasteiger partial charge in [0.1, 0.15) is 11.0 Å². The molecule has 0 radical (unpaired) electrons. The second kappa shape index (κ2) is 10.2. The Morgan fingerprint density at radius 1 is 0.400 bits per heavy atom. The summed E-state index contributed by atoms with van der Waals surface area (Å²) in [5.41, 5.74) is 9.60. The lowest BCUT2D eigenvalue weighted by Gasteiger charge is -2.18. The van der Waals surface area contributed by atoms with Crippen molar-refractivity contribution >= 4 is 43.4 Å². The smallest absolute Gasteiger partial charge is 0.114 e. The zero-order valence-corrected chi connectivity index (χ0v) is 24.3. The third kappa shape index (κ3) is 4.11. The number of benzene rings is 7. The van der Waals surface area contributed by atoms with Gasteiger partial charge in [-0.2, -0.15) is 0 Å². The molecule has 0 bridgehead atoms. The van der Waals surface area contributed by atoms with Crippen molar-refractivity contribution in [2.24, 2.45) is 0 Å². The predicted molar refractivity (Wildman–Crippen MR) is 185 cm³/mol. The van der Waals surface area contributed by atoms with E-state index in [1.165, 1.54) is 49.0 Å². The first-order valence-electron chi connectivity index (χ1n) is 15.1. The lowest BCUT2D eigenvalue weighted by atomic mass is 9.85. The van der Waals surface area contributed by atoms with Gasteiger partial charge in [-0.3, -0.25) is 4.98 Å². The summed E-state index contributed by atoms with van der Waals surface area (Å²) in [4.78, 5) is 5.94. The maximum atomic E-state index is 5.00. The van der Waals surface area contributed by atoms with Gasteiger partial charge in [-0.1, -0.05) is 115 Å². The van der Waals surface area contributed by atoms with E-state index < -0.39 is 0 Å².